The first-order valence-corrected chi connectivity index (χ1v) is 7.60. The Labute approximate surface area is 133 Å². The van der Waals surface area contributed by atoms with E-state index in [1.807, 2.05) is 30.3 Å². The predicted molar refractivity (Wildman–Crippen MR) is 85.0 cm³/mol. The summed E-state index contributed by atoms with van der Waals surface area (Å²) in [6.45, 7) is 4.82. The lowest BCUT2D eigenvalue weighted by atomic mass is 10.2. The molecule has 6 heteroatoms. The molecule has 1 aromatic carbocycles. The number of ether oxygens (including phenoxy) is 1. The molecule has 0 spiro atoms. The lowest BCUT2D eigenvalue weighted by Gasteiger charge is -2.21. The van der Waals surface area contributed by atoms with Crippen LogP contribution in [-0.2, 0) is 14.3 Å². The number of amides is 2. The van der Waals surface area contributed by atoms with Crippen molar-refractivity contribution in [2.45, 2.75) is 26.4 Å². The fraction of sp³-hybridized carbons (Fsp3) is 0.312. The van der Waals surface area contributed by atoms with Crippen molar-refractivity contribution in [3.8, 4) is 0 Å². The molecular formula is C16H17NO4S. The zero-order chi connectivity index (χ0) is 16.3. The quantitative estimate of drug-likeness (QED) is 0.633. The van der Waals surface area contributed by atoms with E-state index in [0.29, 0.717) is 4.91 Å². The molecule has 1 aliphatic rings. The summed E-state index contributed by atoms with van der Waals surface area (Å²) in [7, 11) is 0. The molecule has 0 radical (unpaired) electrons. The SMILES string of the molecule is CC(C)(C)OC(=O)CN1C(=O)SC(=Cc2ccccc2)C1=O. The summed E-state index contributed by atoms with van der Waals surface area (Å²) in [5, 5.41) is -0.460. The number of hydrogen-bond donors (Lipinski definition) is 0. The van der Waals surface area contributed by atoms with Crippen molar-refractivity contribution in [1.29, 1.82) is 0 Å². The third kappa shape index (κ3) is 4.21. The van der Waals surface area contributed by atoms with Gasteiger partial charge >= 0.3 is 5.97 Å². The lowest BCUT2D eigenvalue weighted by molar-refractivity contribution is -0.156. The molecule has 0 bridgehead atoms. The van der Waals surface area contributed by atoms with E-state index in [-0.39, 0.29) is 6.54 Å². The van der Waals surface area contributed by atoms with E-state index in [9.17, 15) is 14.4 Å². The molecule has 0 aromatic heterocycles. The highest BCUT2D eigenvalue weighted by Gasteiger charge is 2.37. The van der Waals surface area contributed by atoms with Gasteiger partial charge in [-0.25, -0.2) is 0 Å². The Morgan fingerprint density at radius 1 is 1.23 bits per heavy atom. The monoisotopic (exact) mass is 319 g/mol. The third-order valence-electron chi connectivity index (χ3n) is 2.68. The van der Waals surface area contributed by atoms with Gasteiger partial charge < -0.3 is 4.74 Å². The summed E-state index contributed by atoms with van der Waals surface area (Å²) in [5.74, 6) is -1.07. The average Bonchev–Trinajstić information content (AvgIpc) is 2.66. The first-order chi connectivity index (χ1) is 10.3. The van der Waals surface area contributed by atoms with Gasteiger partial charge in [0, 0.05) is 0 Å². The van der Waals surface area contributed by atoms with E-state index in [4.69, 9.17) is 4.74 Å². The van der Waals surface area contributed by atoms with E-state index < -0.39 is 22.7 Å². The number of thioether (sulfide) groups is 1. The topological polar surface area (TPSA) is 63.7 Å². The van der Waals surface area contributed by atoms with Gasteiger partial charge in [0.15, 0.2) is 0 Å². The predicted octanol–water partition coefficient (Wildman–Crippen LogP) is 3.06. The lowest BCUT2D eigenvalue weighted by Crippen LogP contribution is -2.37. The van der Waals surface area contributed by atoms with Gasteiger partial charge in [0.2, 0.25) is 0 Å². The number of benzene rings is 1. The normalized spacial score (nSPS) is 17.2. The fourth-order valence-corrected chi connectivity index (χ4v) is 2.68. The van der Waals surface area contributed by atoms with Gasteiger partial charge in [0.1, 0.15) is 12.1 Å². The van der Waals surface area contributed by atoms with Crippen LogP contribution in [0.3, 0.4) is 0 Å². The Balaban J connectivity index is 2.09. The molecule has 2 amide bonds. The van der Waals surface area contributed by atoms with Gasteiger partial charge in [-0.3, -0.25) is 19.3 Å². The fourth-order valence-electron chi connectivity index (χ4n) is 1.84. The number of esters is 1. The highest BCUT2D eigenvalue weighted by Crippen LogP contribution is 2.32. The van der Waals surface area contributed by atoms with Crippen molar-refractivity contribution >= 4 is 35.0 Å². The summed E-state index contributed by atoms with van der Waals surface area (Å²) >= 11 is 0.827. The van der Waals surface area contributed by atoms with Crippen molar-refractivity contribution in [2.24, 2.45) is 0 Å². The minimum atomic E-state index is -0.654. The molecule has 116 valence electrons. The Hall–Kier alpha value is -2.08. The number of hydrogen-bond acceptors (Lipinski definition) is 5. The van der Waals surface area contributed by atoms with E-state index in [0.717, 1.165) is 22.2 Å². The minimum Gasteiger partial charge on any atom is -0.459 e. The first-order valence-electron chi connectivity index (χ1n) is 6.78. The molecule has 0 saturated carbocycles. The maximum absolute atomic E-state index is 12.2. The molecule has 1 aliphatic heterocycles. The van der Waals surface area contributed by atoms with Crippen LogP contribution in [0, 0.1) is 0 Å². The molecule has 22 heavy (non-hydrogen) atoms. The van der Waals surface area contributed by atoms with Crippen LogP contribution < -0.4 is 0 Å². The summed E-state index contributed by atoms with van der Waals surface area (Å²) < 4.78 is 5.14. The molecule has 2 rings (SSSR count). The van der Waals surface area contributed by atoms with Gasteiger partial charge in [-0.15, -0.1) is 0 Å². The van der Waals surface area contributed by atoms with Crippen molar-refractivity contribution in [1.82, 2.24) is 4.90 Å². The summed E-state index contributed by atoms with van der Waals surface area (Å²) in [6.07, 6.45) is 1.64. The van der Waals surface area contributed by atoms with Crippen LogP contribution in [-0.4, -0.2) is 34.2 Å². The van der Waals surface area contributed by atoms with E-state index in [2.05, 4.69) is 0 Å². The molecule has 0 unspecified atom stereocenters. The molecule has 1 saturated heterocycles. The zero-order valence-corrected chi connectivity index (χ0v) is 13.5. The van der Waals surface area contributed by atoms with Crippen LogP contribution in [0.2, 0.25) is 0 Å². The smallest absolute Gasteiger partial charge is 0.326 e. The Kier molecular flexibility index (Phi) is 4.71. The van der Waals surface area contributed by atoms with Crippen LogP contribution in [0.25, 0.3) is 6.08 Å². The molecule has 1 aromatic rings. The number of nitrogens with zero attached hydrogens (tertiary/aromatic N) is 1. The van der Waals surface area contributed by atoms with Crippen molar-refractivity contribution in [3.63, 3.8) is 0 Å². The highest BCUT2D eigenvalue weighted by atomic mass is 32.2. The highest BCUT2D eigenvalue weighted by molar-refractivity contribution is 8.18. The zero-order valence-electron chi connectivity index (χ0n) is 12.7. The Bertz CT molecular complexity index is 631. The molecule has 1 heterocycles. The van der Waals surface area contributed by atoms with E-state index >= 15 is 0 Å². The molecular weight excluding hydrogens is 302 g/mol. The molecule has 5 nitrogen and oxygen atoms in total. The first kappa shape index (κ1) is 16.3. The van der Waals surface area contributed by atoms with Gasteiger partial charge in [-0.2, -0.15) is 0 Å². The second kappa shape index (κ2) is 6.36. The molecule has 0 aliphatic carbocycles. The van der Waals surface area contributed by atoms with Crippen molar-refractivity contribution < 1.29 is 19.1 Å². The van der Waals surface area contributed by atoms with Crippen LogP contribution in [0.5, 0.6) is 0 Å². The van der Waals surface area contributed by atoms with Gasteiger partial charge in [0.25, 0.3) is 11.1 Å². The number of carbonyl (C=O) groups is 3. The van der Waals surface area contributed by atoms with Gasteiger partial charge in [0.05, 0.1) is 4.91 Å². The minimum absolute atomic E-state index is 0.305. The van der Waals surface area contributed by atoms with Gasteiger partial charge in [-0.05, 0) is 44.2 Å². The standard InChI is InChI=1S/C16H17NO4S/c1-16(2,3)21-13(18)10-17-14(19)12(22-15(17)20)9-11-7-5-4-6-8-11/h4-9H,10H2,1-3H3. The van der Waals surface area contributed by atoms with E-state index in [1.54, 1.807) is 26.8 Å². The second-order valence-corrected chi connectivity index (χ2v) is 6.76. The van der Waals surface area contributed by atoms with Crippen LogP contribution >= 0.6 is 11.8 Å². The number of imide groups is 1. The molecule has 1 fully saturated rings. The molecule has 0 N–H and O–H groups in total. The summed E-state index contributed by atoms with van der Waals surface area (Å²) in [6, 6.07) is 9.23. The summed E-state index contributed by atoms with van der Waals surface area (Å²) in [5.41, 5.74) is 0.170. The largest absolute Gasteiger partial charge is 0.459 e. The van der Waals surface area contributed by atoms with Gasteiger partial charge in [-0.1, -0.05) is 30.3 Å². The van der Waals surface area contributed by atoms with Crippen LogP contribution in [0.1, 0.15) is 26.3 Å². The maximum Gasteiger partial charge on any atom is 0.326 e. The Morgan fingerprint density at radius 2 is 1.86 bits per heavy atom. The second-order valence-electron chi connectivity index (χ2n) is 5.76. The van der Waals surface area contributed by atoms with Crippen LogP contribution in [0.4, 0.5) is 4.79 Å². The number of rotatable bonds is 3. The molecule has 0 atom stereocenters. The maximum atomic E-state index is 12.2. The summed E-state index contributed by atoms with van der Waals surface area (Å²) in [4.78, 5) is 37.1. The van der Waals surface area contributed by atoms with Crippen molar-refractivity contribution in [2.75, 3.05) is 6.54 Å². The van der Waals surface area contributed by atoms with Crippen LogP contribution in [0.15, 0.2) is 35.2 Å². The third-order valence-corrected chi connectivity index (χ3v) is 3.59. The average molecular weight is 319 g/mol. The van der Waals surface area contributed by atoms with E-state index in [1.165, 1.54) is 0 Å². The number of carbonyl (C=O) groups excluding carboxylic acids is 3. The van der Waals surface area contributed by atoms with Crippen molar-refractivity contribution in [3.05, 3.63) is 40.8 Å². The Morgan fingerprint density at radius 3 is 2.45 bits per heavy atom.